The third-order valence-corrected chi connectivity index (χ3v) is 4.29. The SMILES string of the molecule is CC1=C=C(C(=O)c2cncnc2N)N(C)N1Cc1cccc(Br)c1. The van der Waals surface area contributed by atoms with Crippen LogP contribution in [-0.2, 0) is 6.54 Å². The van der Waals surface area contributed by atoms with Crippen molar-refractivity contribution in [2.45, 2.75) is 13.5 Å². The number of likely N-dealkylation sites (N-methyl/N-ethyl adjacent to an activating group) is 1. The summed E-state index contributed by atoms with van der Waals surface area (Å²) in [5.41, 5.74) is 11.6. The van der Waals surface area contributed by atoms with Gasteiger partial charge in [0.2, 0.25) is 5.78 Å². The van der Waals surface area contributed by atoms with Gasteiger partial charge in [-0.15, -0.1) is 0 Å². The molecule has 0 aliphatic carbocycles. The van der Waals surface area contributed by atoms with E-state index in [0.29, 0.717) is 12.2 Å². The van der Waals surface area contributed by atoms with Crippen molar-refractivity contribution in [2.75, 3.05) is 12.8 Å². The lowest BCUT2D eigenvalue weighted by Crippen LogP contribution is -2.36. The van der Waals surface area contributed by atoms with Crippen molar-refractivity contribution in [2.24, 2.45) is 0 Å². The molecule has 3 rings (SSSR count). The van der Waals surface area contributed by atoms with Crippen molar-refractivity contribution in [3.63, 3.8) is 0 Å². The molecule has 0 radical (unpaired) electrons. The summed E-state index contributed by atoms with van der Waals surface area (Å²) in [4.78, 5) is 20.5. The van der Waals surface area contributed by atoms with Gasteiger partial charge in [-0.1, -0.05) is 33.8 Å². The summed E-state index contributed by atoms with van der Waals surface area (Å²) < 4.78 is 1.02. The Labute approximate surface area is 148 Å². The van der Waals surface area contributed by atoms with E-state index in [1.165, 1.54) is 12.5 Å². The van der Waals surface area contributed by atoms with Gasteiger partial charge < -0.3 is 5.73 Å². The Morgan fingerprint density at radius 3 is 2.92 bits per heavy atom. The highest BCUT2D eigenvalue weighted by atomic mass is 79.9. The molecule has 7 heteroatoms. The van der Waals surface area contributed by atoms with Crippen molar-refractivity contribution < 1.29 is 4.79 Å². The largest absolute Gasteiger partial charge is 0.383 e. The third-order valence-electron chi connectivity index (χ3n) is 3.80. The topological polar surface area (TPSA) is 75.3 Å². The Morgan fingerprint density at radius 1 is 1.42 bits per heavy atom. The zero-order valence-electron chi connectivity index (χ0n) is 13.3. The summed E-state index contributed by atoms with van der Waals surface area (Å²) in [6.45, 7) is 2.55. The number of hydrogen-bond acceptors (Lipinski definition) is 6. The van der Waals surface area contributed by atoms with E-state index in [0.717, 1.165) is 15.7 Å². The number of hydrogen-bond donors (Lipinski definition) is 1. The summed E-state index contributed by atoms with van der Waals surface area (Å²) in [6.07, 6.45) is 2.75. The Kier molecular flexibility index (Phi) is 4.38. The highest BCUT2D eigenvalue weighted by Crippen LogP contribution is 2.26. The summed E-state index contributed by atoms with van der Waals surface area (Å²) in [5, 5.41) is 3.76. The Bertz CT molecular complexity index is 873. The monoisotopic (exact) mass is 385 g/mol. The molecule has 122 valence electrons. The smallest absolute Gasteiger partial charge is 0.224 e. The first kappa shape index (κ1) is 16.2. The molecule has 0 atom stereocenters. The van der Waals surface area contributed by atoms with Gasteiger partial charge in [-0.25, -0.2) is 9.97 Å². The Hall–Kier alpha value is -2.63. The quantitative estimate of drug-likeness (QED) is 0.644. The van der Waals surface area contributed by atoms with E-state index < -0.39 is 0 Å². The van der Waals surface area contributed by atoms with Crippen LogP contribution in [0.4, 0.5) is 5.82 Å². The average Bonchev–Trinajstić information content (AvgIpc) is 2.83. The summed E-state index contributed by atoms with van der Waals surface area (Å²) in [7, 11) is 1.83. The van der Waals surface area contributed by atoms with Crippen molar-refractivity contribution >= 4 is 27.5 Å². The van der Waals surface area contributed by atoms with Gasteiger partial charge in [-0.05, 0) is 24.6 Å². The number of hydrazine groups is 1. The molecule has 0 bridgehead atoms. The first-order valence-electron chi connectivity index (χ1n) is 7.30. The van der Waals surface area contributed by atoms with Gasteiger partial charge >= 0.3 is 0 Å². The molecule has 1 aliphatic heterocycles. The Balaban J connectivity index is 1.84. The molecular formula is C17H16BrN5O. The maximum Gasteiger partial charge on any atom is 0.224 e. The number of halogens is 1. The number of carbonyl (C=O) groups excluding carboxylic acids is 1. The number of nitrogen functional groups attached to an aromatic ring is 1. The number of anilines is 1. The lowest BCUT2D eigenvalue weighted by molar-refractivity contribution is 0.0664. The standard InChI is InChI=1S/C17H16BrN5O/c1-11-6-15(16(24)14-8-20-10-21-17(14)19)22(2)23(11)9-12-4-3-5-13(18)7-12/h3-5,7-8,10H,9H2,1-2H3,(H2,19,20,21). The fourth-order valence-electron chi connectivity index (χ4n) is 2.54. The van der Waals surface area contributed by atoms with Crippen LogP contribution in [0.1, 0.15) is 22.8 Å². The van der Waals surface area contributed by atoms with E-state index in [1.807, 2.05) is 43.2 Å². The fourth-order valence-corrected chi connectivity index (χ4v) is 2.99. The van der Waals surface area contributed by atoms with E-state index in [-0.39, 0.29) is 17.2 Å². The number of rotatable bonds is 4. The highest BCUT2D eigenvalue weighted by Gasteiger charge is 2.28. The van der Waals surface area contributed by atoms with E-state index in [2.05, 4.69) is 31.6 Å². The summed E-state index contributed by atoms with van der Waals surface area (Å²) in [6, 6.07) is 8.04. The second-order valence-electron chi connectivity index (χ2n) is 5.42. The molecule has 0 fully saturated rings. The maximum atomic E-state index is 12.7. The minimum Gasteiger partial charge on any atom is -0.383 e. The molecular weight excluding hydrogens is 370 g/mol. The first-order valence-corrected chi connectivity index (χ1v) is 8.10. The number of carbonyl (C=O) groups is 1. The maximum absolute atomic E-state index is 12.7. The first-order chi connectivity index (χ1) is 11.5. The number of aromatic nitrogens is 2. The zero-order chi connectivity index (χ0) is 17.3. The minimum atomic E-state index is -0.244. The molecule has 0 spiro atoms. The van der Waals surface area contributed by atoms with E-state index in [4.69, 9.17) is 5.73 Å². The number of allylic oxidation sites excluding steroid dienone is 1. The zero-order valence-corrected chi connectivity index (χ0v) is 14.9. The molecule has 0 saturated carbocycles. The van der Waals surface area contributed by atoms with E-state index >= 15 is 0 Å². The second kappa shape index (κ2) is 6.47. The molecule has 2 heterocycles. The lowest BCUT2D eigenvalue weighted by atomic mass is 10.1. The number of Topliss-reactive ketones (excluding diaryl/α,β-unsaturated/α-hetero) is 1. The predicted octanol–water partition coefficient (Wildman–Crippen LogP) is 2.75. The summed E-state index contributed by atoms with van der Waals surface area (Å²) in [5.74, 6) is -0.0764. The van der Waals surface area contributed by atoms with Gasteiger partial charge in [-0.3, -0.25) is 14.8 Å². The van der Waals surface area contributed by atoms with Gasteiger partial charge in [0.1, 0.15) is 17.8 Å². The molecule has 2 N–H and O–H groups in total. The molecule has 0 unspecified atom stereocenters. The fraction of sp³-hybridized carbons (Fsp3) is 0.176. The van der Waals surface area contributed by atoms with Crippen LogP contribution < -0.4 is 5.73 Å². The van der Waals surface area contributed by atoms with Crippen LogP contribution in [0.25, 0.3) is 0 Å². The predicted molar refractivity (Wildman–Crippen MR) is 94.4 cm³/mol. The van der Waals surface area contributed by atoms with Gasteiger partial charge in [0.05, 0.1) is 17.8 Å². The van der Waals surface area contributed by atoms with Crippen LogP contribution in [0.3, 0.4) is 0 Å². The highest BCUT2D eigenvalue weighted by molar-refractivity contribution is 9.10. The molecule has 24 heavy (non-hydrogen) atoms. The van der Waals surface area contributed by atoms with Crippen LogP contribution in [-0.4, -0.2) is 32.8 Å². The van der Waals surface area contributed by atoms with Crippen LogP contribution in [0.15, 0.2) is 58.4 Å². The molecule has 1 aliphatic rings. The average molecular weight is 386 g/mol. The summed E-state index contributed by atoms with van der Waals surface area (Å²) >= 11 is 3.47. The number of nitrogens with two attached hydrogens (primary N) is 1. The van der Waals surface area contributed by atoms with E-state index in [1.54, 1.807) is 5.01 Å². The van der Waals surface area contributed by atoms with E-state index in [9.17, 15) is 4.79 Å². The van der Waals surface area contributed by atoms with Gasteiger partial charge in [0, 0.05) is 17.7 Å². The number of benzene rings is 1. The Morgan fingerprint density at radius 2 is 2.21 bits per heavy atom. The van der Waals surface area contributed by atoms with Crippen molar-refractivity contribution in [1.82, 2.24) is 20.0 Å². The van der Waals surface area contributed by atoms with Gasteiger partial charge in [0.25, 0.3) is 0 Å². The normalized spacial score (nSPS) is 13.8. The molecule has 1 aromatic carbocycles. The van der Waals surface area contributed by atoms with Crippen LogP contribution in [0.5, 0.6) is 0 Å². The van der Waals surface area contributed by atoms with Crippen LogP contribution in [0, 0.1) is 0 Å². The minimum absolute atomic E-state index is 0.167. The van der Waals surface area contributed by atoms with Crippen LogP contribution in [0.2, 0.25) is 0 Å². The second-order valence-corrected chi connectivity index (χ2v) is 6.34. The van der Waals surface area contributed by atoms with Gasteiger partial charge in [-0.2, -0.15) is 0 Å². The van der Waals surface area contributed by atoms with Crippen molar-refractivity contribution in [1.29, 1.82) is 0 Å². The van der Waals surface area contributed by atoms with Crippen molar-refractivity contribution in [3.05, 3.63) is 69.5 Å². The molecule has 1 aromatic heterocycles. The third kappa shape index (κ3) is 3.04. The molecule has 2 aromatic rings. The number of ketones is 1. The molecule has 6 nitrogen and oxygen atoms in total. The molecule has 0 amide bonds. The molecule has 0 saturated heterocycles. The number of nitrogens with zero attached hydrogens (tertiary/aromatic N) is 4. The van der Waals surface area contributed by atoms with Gasteiger partial charge in [0.15, 0.2) is 0 Å². The van der Waals surface area contributed by atoms with Crippen molar-refractivity contribution in [3.8, 4) is 0 Å². The lowest BCUT2D eigenvalue weighted by Gasteiger charge is -2.31. The van der Waals surface area contributed by atoms with Crippen LogP contribution >= 0.6 is 15.9 Å².